The third kappa shape index (κ3) is 5.24. The highest BCUT2D eigenvalue weighted by Gasteiger charge is 2.21. The summed E-state index contributed by atoms with van der Waals surface area (Å²) < 4.78 is 2.02. The average molecular weight is 373 g/mol. The quantitative estimate of drug-likeness (QED) is 0.464. The summed E-state index contributed by atoms with van der Waals surface area (Å²) in [5, 5.41) is 11.8. The van der Waals surface area contributed by atoms with Gasteiger partial charge >= 0.3 is 0 Å². The smallest absolute Gasteiger partial charge is 0.191 e. The van der Waals surface area contributed by atoms with Gasteiger partial charge in [0.15, 0.2) is 5.96 Å². The Morgan fingerprint density at radius 1 is 1.38 bits per heavy atom. The Morgan fingerprint density at radius 2 is 2.19 bits per heavy atom. The van der Waals surface area contributed by atoms with Crippen LogP contribution in [0.1, 0.15) is 31.9 Å². The summed E-state index contributed by atoms with van der Waals surface area (Å²) in [5.41, 5.74) is 0. The Balaban J connectivity index is 1.55. The topological polar surface area (TPSA) is 67.1 Å². The Labute approximate surface area is 159 Å². The highest BCUT2D eigenvalue weighted by molar-refractivity contribution is 8.00. The lowest BCUT2D eigenvalue weighted by molar-refractivity contribution is 0.392. The highest BCUT2D eigenvalue weighted by atomic mass is 32.2. The Hall–Kier alpha value is -2.02. The van der Waals surface area contributed by atoms with Crippen LogP contribution in [0.2, 0.25) is 0 Å². The minimum atomic E-state index is 0.332. The summed E-state index contributed by atoms with van der Waals surface area (Å²) in [5.74, 6) is 2.83. The number of thioether (sulfide) groups is 1. The standard InChI is InChI=1S/C19H28N6S/c1-4-20-19(21-12-14(2)26-17-8-6-5-7-9-17)23-16-10-11-18-22-15(3)24-25(18)13-16/h5-9,14,16H,4,10-13H2,1-3H3,(H2,20,21,23). The number of aromatic nitrogens is 3. The van der Waals surface area contributed by atoms with E-state index in [4.69, 9.17) is 4.99 Å². The molecule has 0 bridgehead atoms. The van der Waals surface area contributed by atoms with E-state index in [0.29, 0.717) is 11.3 Å². The van der Waals surface area contributed by atoms with Gasteiger partial charge < -0.3 is 10.6 Å². The van der Waals surface area contributed by atoms with Crippen molar-refractivity contribution in [3.63, 3.8) is 0 Å². The first-order chi connectivity index (χ1) is 12.6. The summed E-state index contributed by atoms with van der Waals surface area (Å²) in [7, 11) is 0. The van der Waals surface area contributed by atoms with Crippen molar-refractivity contribution in [3.05, 3.63) is 42.0 Å². The van der Waals surface area contributed by atoms with Gasteiger partial charge in [-0.15, -0.1) is 11.8 Å². The monoisotopic (exact) mass is 372 g/mol. The number of fused-ring (bicyclic) bond motifs is 1. The van der Waals surface area contributed by atoms with Gasteiger partial charge in [-0.3, -0.25) is 4.99 Å². The van der Waals surface area contributed by atoms with Gasteiger partial charge in [-0.1, -0.05) is 25.1 Å². The number of nitrogens with one attached hydrogen (secondary N) is 2. The molecule has 0 aliphatic carbocycles. The van der Waals surface area contributed by atoms with Crippen LogP contribution >= 0.6 is 11.8 Å². The Kier molecular flexibility index (Phi) is 6.55. The van der Waals surface area contributed by atoms with Gasteiger partial charge in [0.1, 0.15) is 11.6 Å². The maximum absolute atomic E-state index is 4.79. The molecule has 3 rings (SSSR count). The molecule has 0 amide bonds. The summed E-state index contributed by atoms with van der Waals surface area (Å²) in [6.45, 7) is 8.73. The Morgan fingerprint density at radius 3 is 2.96 bits per heavy atom. The molecule has 26 heavy (non-hydrogen) atoms. The van der Waals surface area contributed by atoms with Crippen LogP contribution in [0.25, 0.3) is 0 Å². The number of hydrogen-bond acceptors (Lipinski definition) is 4. The van der Waals surface area contributed by atoms with Crippen LogP contribution in [-0.2, 0) is 13.0 Å². The third-order valence-corrected chi connectivity index (χ3v) is 5.33. The van der Waals surface area contributed by atoms with Crippen LogP contribution in [0, 0.1) is 6.92 Å². The molecule has 2 N–H and O–H groups in total. The van der Waals surface area contributed by atoms with Crippen LogP contribution in [0.4, 0.5) is 0 Å². The average Bonchev–Trinajstić information content (AvgIpc) is 3.00. The van der Waals surface area contributed by atoms with Crippen LogP contribution in [0.15, 0.2) is 40.2 Å². The van der Waals surface area contributed by atoms with Crippen LogP contribution in [0.3, 0.4) is 0 Å². The van der Waals surface area contributed by atoms with Crippen molar-refractivity contribution in [2.45, 2.75) is 56.3 Å². The fraction of sp³-hybridized carbons (Fsp3) is 0.526. The minimum Gasteiger partial charge on any atom is -0.357 e. The molecule has 0 saturated carbocycles. The van der Waals surface area contributed by atoms with Crippen molar-refractivity contribution < 1.29 is 0 Å². The number of nitrogens with zero attached hydrogens (tertiary/aromatic N) is 4. The van der Waals surface area contributed by atoms with E-state index < -0.39 is 0 Å². The summed E-state index contributed by atoms with van der Waals surface area (Å²) >= 11 is 1.86. The fourth-order valence-electron chi connectivity index (χ4n) is 3.05. The van der Waals surface area contributed by atoms with E-state index >= 15 is 0 Å². The number of benzene rings is 1. The molecular weight excluding hydrogens is 344 g/mol. The zero-order valence-electron chi connectivity index (χ0n) is 15.8. The van der Waals surface area contributed by atoms with Gasteiger partial charge in [-0.25, -0.2) is 9.67 Å². The second-order valence-corrected chi connectivity index (χ2v) is 8.11. The number of guanidine groups is 1. The lowest BCUT2D eigenvalue weighted by atomic mass is 10.1. The summed E-state index contributed by atoms with van der Waals surface area (Å²) in [6.07, 6.45) is 2.01. The number of hydrogen-bond donors (Lipinski definition) is 2. The molecule has 2 heterocycles. The van der Waals surface area contributed by atoms with Crippen LogP contribution < -0.4 is 10.6 Å². The van der Waals surface area contributed by atoms with Gasteiger partial charge in [0.2, 0.25) is 0 Å². The highest BCUT2D eigenvalue weighted by Crippen LogP contribution is 2.22. The molecule has 1 aromatic heterocycles. The second-order valence-electron chi connectivity index (χ2n) is 6.60. The number of rotatable bonds is 6. The molecule has 140 valence electrons. The molecule has 0 spiro atoms. The number of aryl methyl sites for hydroxylation is 2. The molecule has 1 aliphatic rings. The second kappa shape index (κ2) is 9.07. The van der Waals surface area contributed by atoms with Gasteiger partial charge in [-0.05, 0) is 32.4 Å². The first-order valence-corrected chi connectivity index (χ1v) is 10.2. The van der Waals surface area contributed by atoms with Crippen molar-refractivity contribution in [1.29, 1.82) is 0 Å². The summed E-state index contributed by atoms with van der Waals surface area (Å²) in [6, 6.07) is 10.8. The molecule has 1 aromatic carbocycles. The molecule has 0 radical (unpaired) electrons. The lowest BCUT2D eigenvalue weighted by Crippen LogP contribution is -2.47. The van der Waals surface area contributed by atoms with E-state index in [1.54, 1.807) is 0 Å². The predicted octanol–water partition coefficient (Wildman–Crippen LogP) is 2.64. The molecule has 0 fully saturated rings. The predicted molar refractivity (Wildman–Crippen MR) is 108 cm³/mol. The van der Waals surface area contributed by atoms with Crippen molar-refractivity contribution in [3.8, 4) is 0 Å². The zero-order valence-corrected chi connectivity index (χ0v) is 16.6. The molecule has 2 atom stereocenters. The van der Waals surface area contributed by atoms with Gasteiger partial charge in [0.05, 0.1) is 13.1 Å². The minimum absolute atomic E-state index is 0.332. The van der Waals surface area contributed by atoms with Gasteiger partial charge in [-0.2, -0.15) is 5.10 Å². The molecule has 6 nitrogen and oxygen atoms in total. The normalized spacial score (nSPS) is 18.3. The summed E-state index contributed by atoms with van der Waals surface area (Å²) in [4.78, 5) is 10.6. The lowest BCUT2D eigenvalue weighted by Gasteiger charge is -2.25. The van der Waals surface area contributed by atoms with Crippen LogP contribution in [-0.4, -0.2) is 45.1 Å². The fourth-order valence-corrected chi connectivity index (χ4v) is 3.98. The molecule has 1 aliphatic heterocycles. The van der Waals surface area contributed by atoms with E-state index in [-0.39, 0.29) is 0 Å². The van der Waals surface area contributed by atoms with E-state index in [1.165, 1.54) is 4.90 Å². The molecule has 0 saturated heterocycles. The van der Waals surface area contributed by atoms with E-state index in [2.05, 4.69) is 58.8 Å². The first-order valence-electron chi connectivity index (χ1n) is 9.31. The molecule has 7 heteroatoms. The van der Waals surface area contributed by atoms with E-state index in [9.17, 15) is 0 Å². The molecule has 2 aromatic rings. The largest absolute Gasteiger partial charge is 0.357 e. The maximum Gasteiger partial charge on any atom is 0.191 e. The third-order valence-electron chi connectivity index (χ3n) is 4.24. The molecular formula is C19H28N6S. The van der Waals surface area contributed by atoms with E-state index in [1.807, 2.05) is 29.4 Å². The number of aliphatic imine (C=N–C) groups is 1. The first kappa shape index (κ1) is 18.8. The maximum atomic E-state index is 4.79. The van der Waals surface area contributed by atoms with Crippen molar-refractivity contribution in [2.24, 2.45) is 4.99 Å². The zero-order chi connectivity index (χ0) is 18.4. The SMILES string of the molecule is CCNC(=NCC(C)Sc1ccccc1)NC1CCc2nc(C)nn2C1. The van der Waals surface area contributed by atoms with Crippen LogP contribution in [0.5, 0.6) is 0 Å². The van der Waals surface area contributed by atoms with Crippen molar-refractivity contribution >= 4 is 17.7 Å². The van der Waals surface area contributed by atoms with E-state index in [0.717, 1.165) is 50.1 Å². The van der Waals surface area contributed by atoms with Gasteiger partial charge in [0, 0.05) is 29.2 Å². The molecule has 2 unspecified atom stereocenters. The Bertz CT molecular complexity index is 727. The van der Waals surface area contributed by atoms with Crippen molar-refractivity contribution in [2.75, 3.05) is 13.1 Å². The van der Waals surface area contributed by atoms with Gasteiger partial charge in [0.25, 0.3) is 0 Å². The van der Waals surface area contributed by atoms with Crippen molar-refractivity contribution in [1.82, 2.24) is 25.4 Å².